The Kier molecular flexibility index (Phi) is 4.05. The second kappa shape index (κ2) is 5.12. The largest absolute Gasteiger partial charge is 0.301 e. The molecule has 0 aliphatic heterocycles. The molecule has 0 saturated carbocycles. The highest BCUT2D eigenvalue weighted by Crippen LogP contribution is 1.99. The van der Waals surface area contributed by atoms with Crippen LogP contribution in [-0.2, 0) is 6.54 Å². The van der Waals surface area contributed by atoms with Gasteiger partial charge in [-0.1, -0.05) is 6.07 Å². The molecule has 0 aliphatic rings. The maximum absolute atomic E-state index is 5.61. The summed E-state index contributed by atoms with van der Waals surface area (Å²) in [4.78, 5) is 6.21. The van der Waals surface area contributed by atoms with E-state index in [-0.39, 0.29) is 0 Å². The van der Waals surface area contributed by atoms with Crippen LogP contribution < -0.4 is 0 Å². The van der Waals surface area contributed by atoms with Crippen molar-refractivity contribution in [1.82, 2.24) is 9.88 Å². The average Bonchev–Trinajstić information content (AvgIpc) is 2.06. The van der Waals surface area contributed by atoms with Gasteiger partial charge in [-0.15, -0.1) is 11.6 Å². The van der Waals surface area contributed by atoms with E-state index in [1.165, 1.54) is 5.56 Å². The number of pyridine rings is 1. The molecule has 1 aromatic heterocycles. The number of hydrogen-bond donors (Lipinski definition) is 0. The van der Waals surface area contributed by atoms with Gasteiger partial charge in [0.05, 0.1) is 0 Å². The van der Waals surface area contributed by atoms with Gasteiger partial charge in [0, 0.05) is 31.4 Å². The fourth-order valence-corrected chi connectivity index (χ4v) is 1.32. The van der Waals surface area contributed by atoms with Gasteiger partial charge < -0.3 is 4.90 Å². The lowest BCUT2D eigenvalue weighted by Crippen LogP contribution is -2.19. The molecule has 0 unspecified atom stereocenters. The molecule has 12 heavy (non-hydrogen) atoms. The molecular weight excluding hydrogens is 172 g/mol. The van der Waals surface area contributed by atoms with Crippen molar-refractivity contribution < 1.29 is 0 Å². The van der Waals surface area contributed by atoms with E-state index in [1.807, 2.05) is 12.3 Å². The zero-order chi connectivity index (χ0) is 8.81. The third-order valence-corrected chi connectivity index (χ3v) is 1.81. The normalized spacial score (nSPS) is 10.6. The quantitative estimate of drug-likeness (QED) is 0.663. The third kappa shape index (κ3) is 3.20. The molecule has 0 amide bonds. The lowest BCUT2D eigenvalue weighted by atomic mass is 10.3. The SMILES string of the molecule is CN(CCCl)Cc1cccnc1. The minimum Gasteiger partial charge on any atom is -0.301 e. The summed E-state index contributed by atoms with van der Waals surface area (Å²) < 4.78 is 0. The molecule has 0 aliphatic carbocycles. The molecule has 66 valence electrons. The van der Waals surface area contributed by atoms with Crippen molar-refractivity contribution in [3.05, 3.63) is 30.1 Å². The second-order valence-electron chi connectivity index (χ2n) is 2.79. The molecule has 1 aromatic rings. The van der Waals surface area contributed by atoms with E-state index in [2.05, 4.69) is 23.0 Å². The highest BCUT2D eigenvalue weighted by molar-refractivity contribution is 6.18. The second-order valence-corrected chi connectivity index (χ2v) is 3.17. The van der Waals surface area contributed by atoms with E-state index in [0.717, 1.165) is 13.1 Å². The number of nitrogens with zero attached hydrogens (tertiary/aromatic N) is 2. The lowest BCUT2D eigenvalue weighted by molar-refractivity contribution is 0.347. The molecule has 0 radical (unpaired) electrons. The zero-order valence-electron chi connectivity index (χ0n) is 7.20. The van der Waals surface area contributed by atoms with Crippen molar-refractivity contribution in [2.75, 3.05) is 19.5 Å². The van der Waals surface area contributed by atoms with Crippen LogP contribution >= 0.6 is 11.6 Å². The molecular formula is C9H13ClN2. The van der Waals surface area contributed by atoms with E-state index < -0.39 is 0 Å². The predicted molar refractivity (Wildman–Crippen MR) is 51.3 cm³/mol. The summed E-state index contributed by atoms with van der Waals surface area (Å²) in [5.41, 5.74) is 1.23. The molecule has 1 rings (SSSR count). The fraction of sp³-hybridized carbons (Fsp3) is 0.444. The van der Waals surface area contributed by atoms with Crippen molar-refractivity contribution in [1.29, 1.82) is 0 Å². The Morgan fingerprint density at radius 3 is 3.00 bits per heavy atom. The maximum Gasteiger partial charge on any atom is 0.0351 e. The van der Waals surface area contributed by atoms with Gasteiger partial charge in [0.1, 0.15) is 0 Å². The average molecular weight is 185 g/mol. The Morgan fingerprint density at radius 1 is 1.58 bits per heavy atom. The summed E-state index contributed by atoms with van der Waals surface area (Å²) in [5.74, 6) is 0.677. The van der Waals surface area contributed by atoms with E-state index in [1.54, 1.807) is 6.20 Å². The van der Waals surface area contributed by atoms with Crippen LogP contribution in [0.15, 0.2) is 24.5 Å². The minimum absolute atomic E-state index is 0.677. The van der Waals surface area contributed by atoms with Gasteiger partial charge in [-0.25, -0.2) is 0 Å². The fourth-order valence-electron chi connectivity index (χ4n) is 1.03. The number of hydrogen-bond acceptors (Lipinski definition) is 2. The molecule has 2 nitrogen and oxygen atoms in total. The summed E-state index contributed by atoms with van der Waals surface area (Å²) in [6, 6.07) is 4.02. The Hall–Kier alpha value is -0.600. The highest BCUT2D eigenvalue weighted by Gasteiger charge is 1.97. The molecule has 0 atom stereocenters. The van der Waals surface area contributed by atoms with Gasteiger partial charge in [-0.3, -0.25) is 4.98 Å². The van der Waals surface area contributed by atoms with Gasteiger partial charge >= 0.3 is 0 Å². The Balaban J connectivity index is 2.41. The van der Waals surface area contributed by atoms with Crippen LogP contribution in [0.3, 0.4) is 0 Å². The van der Waals surface area contributed by atoms with Crippen LogP contribution in [0.4, 0.5) is 0 Å². The lowest BCUT2D eigenvalue weighted by Gasteiger charge is -2.13. The third-order valence-electron chi connectivity index (χ3n) is 1.64. The summed E-state index contributed by atoms with van der Waals surface area (Å²) >= 11 is 5.61. The van der Waals surface area contributed by atoms with E-state index >= 15 is 0 Å². The summed E-state index contributed by atoms with van der Waals surface area (Å²) in [6.45, 7) is 1.83. The van der Waals surface area contributed by atoms with Crippen molar-refractivity contribution >= 4 is 11.6 Å². The van der Waals surface area contributed by atoms with Gasteiger partial charge in [-0.2, -0.15) is 0 Å². The number of aromatic nitrogens is 1. The summed E-state index contributed by atoms with van der Waals surface area (Å²) in [5, 5.41) is 0. The van der Waals surface area contributed by atoms with E-state index in [9.17, 15) is 0 Å². The van der Waals surface area contributed by atoms with Gasteiger partial charge in [0.2, 0.25) is 0 Å². The molecule has 0 fully saturated rings. The van der Waals surface area contributed by atoms with Crippen LogP contribution in [0.2, 0.25) is 0 Å². The van der Waals surface area contributed by atoms with Crippen LogP contribution in [-0.4, -0.2) is 29.4 Å². The van der Waals surface area contributed by atoms with Gasteiger partial charge in [0.25, 0.3) is 0 Å². The maximum atomic E-state index is 5.61. The number of rotatable bonds is 4. The first-order valence-corrected chi connectivity index (χ1v) is 4.50. The van der Waals surface area contributed by atoms with Gasteiger partial charge in [0.15, 0.2) is 0 Å². The van der Waals surface area contributed by atoms with Crippen molar-refractivity contribution in [2.45, 2.75) is 6.54 Å². The summed E-state index contributed by atoms with van der Waals surface area (Å²) in [7, 11) is 2.05. The van der Waals surface area contributed by atoms with E-state index in [4.69, 9.17) is 11.6 Å². The Bertz CT molecular complexity index is 213. The Labute approximate surface area is 78.2 Å². The molecule has 0 bridgehead atoms. The van der Waals surface area contributed by atoms with Crippen molar-refractivity contribution in [3.8, 4) is 0 Å². The van der Waals surface area contributed by atoms with Crippen LogP contribution in [0, 0.1) is 0 Å². The zero-order valence-corrected chi connectivity index (χ0v) is 7.96. The Morgan fingerprint density at radius 2 is 2.42 bits per heavy atom. The van der Waals surface area contributed by atoms with E-state index in [0.29, 0.717) is 5.88 Å². The number of halogens is 1. The minimum atomic E-state index is 0.677. The number of alkyl halides is 1. The standard InChI is InChI=1S/C9H13ClN2/c1-12(6-4-10)8-9-3-2-5-11-7-9/h2-3,5,7H,4,6,8H2,1H3. The molecule has 0 saturated heterocycles. The topological polar surface area (TPSA) is 16.1 Å². The molecule has 0 aromatic carbocycles. The van der Waals surface area contributed by atoms with Crippen molar-refractivity contribution in [3.63, 3.8) is 0 Å². The summed E-state index contributed by atoms with van der Waals surface area (Å²) in [6.07, 6.45) is 3.66. The smallest absolute Gasteiger partial charge is 0.0351 e. The highest BCUT2D eigenvalue weighted by atomic mass is 35.5. The monoisotopic (exact) mass is 184 g/mol. The van der Waals surface area contributed by atoms with Crippen LogP contribution in [0.25, 0.3) is 0 Å². The molecule has 3 heteroatoms. The first kappa shape index (κ1) is 9.49. The first-order chi connectivity index (χ1) is 5.83. The van der Waals surface area contributed by atoms with Crippen LogP contribution in [0.5, 0.6) is 0 Å². The first-order valence-electron chi connectivity index (χ1n) is 3.96. The molecule has 1 heterocycles. The predicted octanol–water partition coefficient (Wildman–Crippen LogP) is 1.75. The van der Waals surface area contributed by atoms with Crippen LogP contribution in [0.1, 0.15) is 5.56 Å². The molecule has 0 N–H and O–H groups in total. The van der Waals surface area contributed by atoms with Crippen molar-refractivity contribution in [2.24, 2.45) is 0 Å². The molecule has 0 spiro atoms. The van der Waals surface area contributed by atoms with Gasteiger partial charge in [-0.05, 0) is 18.7 Å².